The average molecular weight is 275 g/mol. The molecule has 106 valence electrons. The van der Waals surface area contributed by atoms with Gasteiger partial charge in [-0.15, -0.1) is 0 Å². The first-order chi connectivity index (χ1) is 8.83. The van der Waals surface area contributed by atoms with Gasteiger partial charge in [-0.2, -0.15) is 0 Å². The maximum Gasteiger partial charge on any atom is 0.251 e. The predicted molar refractivity (Wildman–Crippen MR) is 64.2 cm³/mol. The molecular formula is C13H16F3NO2. The van der Waals surface area contributed by atoms with Crippen LogP contribution in [0.5, 0.6) is 0 Å². The number of halogens is 3. The van der Waals surface area contributed by atoms with Crippen LogP contribution in [0.15, 0.2) is 12.1 Å². The van der Waals surface area contributed by atoms with Crippen LogP contribution < -0.4 is 5.32 Å². The average Bonchev–Trinajstić information content (AvgIpc) is 2.41. The molecule has 1 aromatic carbocycles. The zero-order valence-electron chi connectivity index (χ0n) is 10.8. The molecule has 0 saturated carbocycles. The Labute approximate surface area is 109 Å². The SMILES string of the molecule is CCC(O)(CC)CNC(=O)c1cc(F)c(F)c(F)c1. The summed E-state index contributed by atoms with van der Waals surface area (Å²) in [5.74, 6) is -5.23. The molecule has 0 aromatic heterocycles. The molecule has 0 heterocycles. The van der Waals surface area contributed by atoms with E-state index in [2.05, 4.69) is 5.32 Å². The van der Waals surface area contributed by atoms with Gasteiger partial charge in [0, 0.05) is 12.1 Å². The van der Waals surface area contributed by atoms with Crippen molar-refractivity contribution in [2.75, 3.05) is 6.54 Å². The first-order valence-corrected chi connectivity index (χ1v) is 5.98. The van der Waals surface area contributed by atoms with Crippen molar-refractivity contribution in [3.63, 3.8) is 0 Å². The van der Waals surface area contributed by atoms with Crippen molar-refractivity contribution in [3.8, 4) is 0 Å². The molecule has 6 heteroatoms. The van der Waals surface area contributed by atoms with Crippen molar-refractivity contribution in [3.05, 3.63) is 35.1 Å². The molecule has 1 aromatic rings. The van der Waals surface area contributed by atoms with Crippen LogP contribution in [0.1, 0.15) is 37.0 Å². The second-order valence-corrected chi connectivity index (χ2v) is 4.37. The Morgan fingerprint density at radius 1 is 1.21 bits per heavy atom. The molecule has 0 fully saturated rings. The first kappa shape index (κ1) is 15.5. The summed E-state index contributed by atoms with van der Waals surface area (Å²) in [6.45, 7) is 3.47. The normalized spacial score (nSPS) is 11.5. The number of carbonyl (C=O) groups is 1. The summed E-state index contributed by atoms with van der Waals surface area (Å²) in [7, 11) is 0. The van der Waals surface area contributed by atoms with E-state index in [-0.39, 0.29) is 12.1 Å². The monoisotopic (exact) mass is 275 g/mol. The smallest absolute Gasteiger partial charge is 0.251 e. The minimum Gasteiger partial charge on any atom is -0.388 e. The first-order valence-electron chi connectivity index (χ1n) is 5.98. The zero-order valence-corrected chi connectivity index (χ0v) is 10.8. The Morgan fingerprint density at radius 2 is 1.68 bits per heavy atom. The number of hydrogen-bond acceptors (Lipinski definition) is 2. The summed E-state index contributed by atoms with van der Waals surface area (Å²) in [6, 6.07) is 1.23. The molecule has 2 N–H and O–H groups in total. The van der Waals surface area contributed by atoms with Crippen LogP contribution in [-0.2, 0) is 0 Å². The standard InChI is InChI=1S/C13H16F3NO2/c1-3-13(19,4-2)7-17-12(18)8-5-9(14)11(16)10(15)6-8/h5-6,19H,3-4,7H2,1-2H3,(H,17,18). The van der Waals surface area contributed by atoms with Gasteiger partial charge in [0.1, 0.15) is 0 Å². The molecule has 0 aliphatic rings. The van der Waals surface area contributed by atoms with Gasteiger partial charge in [-0.25, -0.2) is 13.2 Å². The Morgan fingerprint density at radius 3 is 2.11 bits per heavy atom. The van der Waals surface area contributed by atoms with Gasteiger partial charge >= 0.3 is 0 Å². The fourth-order valence-electron chi connectivity index (χ4n) is 1.53. The highest BCUT2D eigenvalue weighted by molar-refractivity contribution is 5.94. The third-order valence-corrected chi connectivity index (χ3v) is 3.14. The molecule has 0 saturated heterocycles. The van der Waals surface area contributed by atoms with Crippen molar-refractivity contribution in [2.24, 2.45) is 0 Å². The van der Waals surface area contributed by atoms with Crippen LogP contribution in [0.2, 0.25) is 0 Å². The maximum atomic E-state index is 13.0. The van der Waals surface area contributed by atoms with Crippen LogP contribution in [0, 0.1) is 17.5 Å². The van der Waals surface area contributed by atoms with Crippen LogP contribution in [-0.4, -0.2) is 23.2 Å². The van der Waals surface area contributed by atoms with Crippen LogP contribution in [0.4, 0.5) is 13.2 Å². The number of benzene rings is 1. The summed E-state index contributed by atoms with van der Waals surface area (Å²) in [6.07, 6.45) is 0.853. The highest BCUT2D eigenvalue weighted by atomic mass is 19.2. The lowest BCUT2D eigenvalue weighted by Gasteiger charge is -2.25. The minimum atomic E-state index is -1.62. The summed E-state index contributed by atoms with van der Waals surface area (Å²) in [5.41, 5.74) is -1.39. The Bertz CT molecular complexity index is 450. The quantitative estimate of drug-likeness (QED) is 0.811. The molecule has 0 atom stereocenters. The molecule has 0 radical (unpaired) electrons. The maximum absolute atomic E-state index is 13.0. The number of hydrogen-bond donors (Lipinski definition) is 2. The lowest BCUT2D eigenvalue weighted by atomic mass is 9.97. The van der Waals surface area contributed by atoms with E-state index in [4.69, 9.17) is 0 Å². The van der Waals surface area contributed by atoms with Gasteiger partial charge in [0.05, 0.1) is 5.60 Å². The van der Waals surface area contributed by atoms with E-state index in [0.717, 1.165) is 0 Å². The van der Waals surface area contributed by atoms with Gasteiger partial charge in [-0.3, -0.25) is 4.79 Å². The lowest BCUT2D eigenvalue weighted by Crippen LogP contribution is -2.42. The van der Waals surface area contributed by atoms with Crippen molar-refractivity contribution >= 4 is 5.91 Å². The topological polar surface area (TPSA) is 49.3 Å². The molecule has 1 amide bonds. The van der Waals surface area contributed by atoms with E-state index in [0.29, 0.717) is 25.0 Å². The molecule has 3 nitrogen and oxygen atoms in total. The van der Waals surface area contributed by atoms with Crippen molar-refractivity contribution in [2.45, 2.75) is 32.3 Å². The van der Waals surface area contributed by atoms with Crippen LogP contribution >= 0.6 is 0 Å². The summed E-state index contributed by atoms with van der Waals surface area (Å²) >= 11 is 0. The third-order valence-electron chi connectivity index (χ3n) is 3.14. The largest absolute Gasteiger partial charge is 0.388 e. The highest BCUT2D eigenvalue weighted by Gasteiger charge is 2.23. The number of carbonyl (C=O) groups excluding carboxylic acids is 1. The fraction of sp³-hybridized carbons (Fsp3) is 0.462. The molecule has 0 spiro atoms. The van der Waals surface area contributed by atoms with Gasteiger partial charge in [0.2, 0.25) is 0 Å². The Hall–Kier alpha value is -1.56. The highest BCUT2D eigenvalue weighted by Crippen LogP contribution is 2.15. The molecule has 0 aliphatic carbocycles. The van der Waals surface area contributed by atoms with Crippen LogP contribution in [0.25, 0.3) is 0 Å². The van der Waals surface area contributed by atoms with Gasteiger partial charge in [-0.05, 0) is 25.0 Å². The second-order valence-electron chi connectivity index (χ2n) is 4.37. The van der Waals surface area contributed by atoms with Crippen molar-refractivity contribution in [1.29, 1.82) is 0 Å². The van der Waals surface area contributed by atoms with Gasteiger partial charge in [0.25, 0.3) is 5.91 Å². The third kappa shape index (κ3) is 3.70. The minimum absolute atomic E-state index is 0.0422. The molecule has 1 rings (SSSR count). The van der Waals surface area contributed by atoms with Crippen molar-refractivity contribution < 1.29 is 23.1 Å². The molecule has 19 heavy (non-hydrogen) atoms. The molecular weight excluding hydrogens is 259 g/mol. The Balaban J connectivity index is 2.80. The van der Waals surface area contributed by atoms with E-state index < -0.39 is 29.0 Å². The Kier molecular flexibility index (Phi) is 4.94. The predicted octanol–water partition coefficient (Wildman–Crippen LogP) is 2.38. The van der Waals surface area contributed by atoms with Crippen molar-refractivity contribution in [1.82, 2.24) is 5.32 Å². The summed E-state index contributed by atoms with van der Waals surface area (Å²) in [5, 5.41) is 12.3. The number of nitrogens with one attached hydrogen (secondary N) is 1. The number of aliphatic hydroxyl groups is 1. The van der Waals surface area contributed by atoms with E-state index in [9.17, 15) is 23.1 Å². The molecule has 0 aliphatic heterocycles. The van der Waals surface area contributed by atoms with E-state index in [1.165, 1.54) is 0 Å². The second kappa shape index (κ2) is 6.06. The summed E-state index contributed by atoms with van der Waals surface area (Å²) in [4.78, 5) is 11.7. The van der Waals surface area contributed by atoms with Crippen LogP contribution in [0.3, 0.4) is 0 Å². The molecule has 0 unspecified atom stereocenters. The zero-order chi connectivity index (χ0) is 14.6. The van der Waals surface area contributed by atoms with E-state index in [1.807, 2.05) is 0 Å². The lowest BCUT2D eigenvalue weighted by molar-refractivity contribution is 0.0314. The van der Waals surface area contributed by atoms with Gasteiger partial charge in [-0.1, -0.05) is 13.8 Å². The van der Waals surface area contributed by atoms with Gasteiger partial charge < -0.3 is 10.4 Å². The molecule has 0 bridgehead atoms. The van der Waals surface area contributed by atoms with Gasteiger partial charge in [0.15, 0.2) is 17.5 Å². The number of rotatable bonds is 5. The van der Waals surface area contributed by atoms with E-state index >= 15 is 0 Å². The summed E-state index contributed by atoms with van der Waals surface area (Å²) < 4.78 is 38.7. The fourth-order valence-corrected chi connectivity index (χ4v) is 1.53. The van der Waals surface area contributed by atoms with E-state index in [1.54, 1.807) is 13.8 Å². The number of amides is 1.